The number of benzene rings is 2. The monoisotopic (exact) mass is 493 g/mol. The Labute approximate surface area is 195 Å². The van der Waals surface area contributed by atoms with Crippen molar-refractivity contribution in [3.63, 3.8) is 0 Å². The second-order valence-electron chi connectivity index (χ2n) is 7.34. The van der Waals surface area contributed by atoms with Crippen molar-refractivity contribution in [1.82, 2.24) is 24.5 Å². The van der Waals surface area contributed by atoms with E-state index in [2.05, 4.69) is 38.3 Å². The molecule has 7 nitrogen and oxygen atoms in total. The lowest BCUT2D eigenvalue weighted by atomic mass is 10.1. The van der Waals surface area contributed by atoms with Crippen LogP contribution in [0.3, 0.4) is 0 Å². The van der Waals surface area contributed by atoms with Crippen molar-refractivity contribution in [2.45, 2.75) is 26.7 Å². The Balaban J connectivity index is 1.34. The molecule has 0 bridgehead atoms. The zero-order valence-electron chi connectivity index (χ0n) is 18.0. The van der Waals surface area contributed by atoms with Crippen LogP contribution in [0.5, 0.6) is 5.75 Å². The summed E-state index contributed by atoms with van der Waals surface area (Å²) in [5.41, 5.74) is 3.46. The van der Waals surface area contributed by atoms with Crippen molar-refractivity contribution >= 4 is 21.8 Å². The van der Waals surface area contributed by atoms with Gasteiger partial charge in [0.25, 0.3) is 5.91 Å². The maximum atomic E-state index is 12.8. The number of aromatic nitrogens is 4. The number of hydrogen-bond acceptors (Lipinski definition) is 4. The van der Waals surface area contributed by atoms with Gasteiger partial charge in [-0.05, 0) is 52.2 Å². The van der Waals surface area contributed by atoms with Gasteiger partial charge in [0, 0.05) is 26.0 Å². The molecule has 0 N–H and O–H groups in total. The Morgan fingerprint density at radius 1 is 1.00 bits per heavy atom. The lowest BCUT2D eigenvalue weighted by Crippen LogP contribution is -2.27. The van der Waals surface area contributed by atoms with E-state index < -0.39 is 0 Å². The second-order valence-corrected chi connectivity index (χ2v) is 8.20. The van der Waals surface area contributed by atoms with Crippen LogP contribution in [-0.4, -0.2) is 37.4 Å². The molecule has 0 aliphatic heterocycles. The topological polar surface area (TPSA) is 65.2 Å². The van der Waals surface area contributed by atoms with E-state index in [0.717, 1.165) is 33.6 Å². The van der Waals surface area contributed by atoms with Crippen LogP contribution < -0.4 is 4.74 Å². The van der Waals surface area contributed by atoms with Gasteiger partial charge >= 0.3 is 0 Å². The molecule has 0 spiro atoms. The summed E-state index contributed by atoms with van der Waals surface area (Å²) in [6.45, 7) is 3.40. The van der Waals surface area contributed by atoms with Gasteiger partial charge in [0.2, 0.25) is 0 Å². The third kappa shape index (κ3) is 5.08. The maximum Gasteiger partial charge on any atom is 0.274 e. The lowest BCUT2D eigenvalue weighted by molar-refractivity contribution is 0.0775. The van der Waals surface area contributed by atoms with E-state index in [0.29, 0.717) is 12.2 Å². The van der Waals surface area contributed by atoms with Crippen LogP contribution in [0, 0.1) is 0 Å². The van der Waals surface area contributed by atoms with E-state index in [1.807, 2.05) is 60.3 Å². The normalized spacial score (nSPS) is 10.8. The number of carbonyl (C=O) groups is 1. The zero-order chi connectivity index (χ0) is 22.5. The van der Waals surface area contributed by atoms with Gasteiger partial charge in [-0.1, -0.05) is 42.5 Å². The molecule has 32 heavy (non-hydrogen) atoms. The van der Waals surface area contributed by atoms with Crippen molar-refractivity contribution < 1.29 is 9.53 Å². The van der Waals surface area contributed by atoms with Gasteiger partial charge in [-0.25, -0.2) is 4.68 Å². The third-order valence-electron chi connectivity index (χ3n) is 5.03. The Hall–Kier alpha value is -3.39. The SMILES string of the molecule is CCn1cc(Br)c(CN(C)C(=O)c2ccn(COc3ccc(-c4ccccc4)cc3)n2)n1. The van der Waals surface area contributed by atoms with Gasteiger partial charge in [-0.15, -0.1) is 0 Å². The fourth-order valence-corrected chi connectivity index (χ4v) is 3.70. The Morgan fingerprint density at radius 2 is 1.72 bits per heavy atom. The summed E-state index contributed by atoms with van der Waals surface area (Å²) in [4.78, 5) is 14.4. The maximum absolute atomic E-state index is 12.8. The average Bonchev–Trinajstić information content (AvgIpc) is 3.44. The van der Waals surface area contributed by atoms with Gasteiger partial charge in [0.1, 0.15) is 5.75 Å². The summed E-state index contributed by atoms with van der Waals surface area (Å²) in [6, 6.07) is 19.8. The van der Waals surface area contributed by atoms with Gasteiger partial charge in [0.05, 0.1) is 16.7 Å². The summed E-state index contributed by atoms with van der Waals surface area (Å²) in [5.74, 6) is 0.565. The van der Waals surface area contributed by atoms with Crippen LogP contribution in [0.4, 0.5) is 0 Å². The van der Waals surface area contributed by atoms with Gasteiger partial charge < -0.3 is 9.64 Å². The largest absolute Gasteiger partial charge is 0.471 e. The van der Waals surface area contributed by atoms with Crippen LogP contribution in [0.15, 0.2) is 77.5 Å². The molecule has 2 heterocycles. The molecular formula is C24H24BrN5O2. The van der Waals surface area contributed by atoms with Crippen molar-refractivity contribution in [1.29, 1.82) is 0 Å². The Morgan fingerprint density at radius 3 is 2.41 bits per heavy atom. The minimum atomic E-state index is -0.172. The summed E-state index contributed by atoms with van der Waals surface area (Å²) < 4.78 is 10.1. The first kappa shape index (κ1) is 21.8. The highest BCUT2D eigenvalue weighted by molar-refractivity contribution is 9.10. The lowest BCUT2D eigenvalue weighted by Gasteiger charge is -2.14. The highest BCUT2D eigenvalue weighted by atomic mass is 79.9. The number of nitrogens with zero attached hydrogens (tertiary/aromatic N) is 5. The first-order chi connectivity index (χ1) is 15.5. The predicted molar refractivity (Wildman–Crippen MR) is 126 cm³/mol. The van der Waals surface area contributed by atoms with E-state index in [1.165, 1.54) is 0 Å². The standard InChI is InChI=1S/C24H24BrN5O2/c1-3-29-15-21(25)23(27-29)16-28(2)24(31)22-13-14-30(26-22)17-32-20-11-9-19(10-12-20)18-7-5-4-6-8-18/h4-15H,3,16-17H2,1-2H3. The van der Waals surface area contributed by atoms with Crippen LogP contribution in [0.1, 0.15) is 23.1 Å². The first-order valence-corrected chi connectivity index (χ1v) is 11.1. The van der Waals surface area contributed by atoms with Crippen LogP contribution in [-0.2, 0) is 19.8 Å². The number of aryl methyl sites for hydroxylation is 1. The highest BCUT2D eigenvalue weighted by Crippen LogP contribution is 2.22. The van der Waals surface area contributed by atoms with Crippen molar-refractivity contribution in [2.24, 2.45) is 0 Å². The van der Waals surface area contributed by atoms with Gasteiger partial charge in [0.15, 0.2) is 12.4 Å². The molecule has 0 saturated carbocycles. The summed E-state index contributed by atoms with van der Waals surface area (Å²) in [5, 5.41) is 8.83. The van der Waals surface area contributed by atoms with Gasteiger partial charge in [-0.3, -0.25) is 9.48 Å². The summed E-state index contributed by atoms with van der Waals surface area (Å²) in [7, 11) is 1.74. The van der Waals surface area contributed by atoms with E-state index in [1.54, 1.807) is 28.9 Å². The third-order valence-corrected chi connectivity index (χ3v) is 5.69. The van der Waals surface area contributed by atoms with Crippen molar-refractivity contribution in [3.8, 4) is 16.9 Å². The molecule has 0 saturated heterocycles. The molecule has 0 unspecified atom stereocenters. The molecule has 8 heteroatoms. The van der Waals surface area contributed by atoms with Gasteiger partial charge in [-0.2, -0.15) is 10.2 Å². The molecule has 0 fully saturated rings. The molecule has 0 aliphatic carbocycles. The minimum Gasteiger partial charge on any atom is -0.471 e. The van der Waals surface area contributed by atoms with E-state index in [4.69, 9.17) is 4.74 Å². The Bertz CT molecular complexity index is 1180. The van der Waals surface area contributed by atoms with E-state index >= 15 is 0 Å². The number of ether oxygens (including phenoxy) is 1. The Kier molecular flexibility index (Phi) is 6.70. The summed E-state index contributed by atoms with van der Waals surface area (Å²) in [6.07, 6.45) is 3.65. The molecule has 0 atom stereocenters. The number of rotatable bonds is 8. The number of amides is 1. The van der Waals surface area contributed by atoms with E-state index in [-0.39, 0.29) is 12.6 Å². The average molecular weight is 494 g/mol. The van der Waals surface area contributed by atoms with Crippen LogP contribution >= 0.6 is 15.9 Å². The molecule has 2 aromatic carbocycles. The van der Waals surface area contributed by atoms with Crippen molar-refractivity contribution in [2.75, 3.05) is 7.05 Å². The predicted octanol–water partition coefficient (Wildman–Crippen LogP) is 4.84. The van der Waals surface area contributed by atoms with Crippen LogP contribution in [0.2, 0.25) is 0 Å². The molecule has 4 rings (SSSR count). The molecule has 1 amide bonds. The number of halogens is 1. The second kappa shape index (κ2) is 9.82. The summed E-state index contributed by atoms with van der Waals surface area (Å²) >= 11 is 3.50. The molecule has 0 radical (unpaired) electrons. The molecule has 164 valence electrons. The molecule has 0 aliphatic rings. The fourth-order valence-electron chi connectivity index (χ4n) is 3.26. The zero-order valence-corrected chi connectivity index (χ0v) is 19.6. The fraction of sp³-hybridized carbons (Fsp3) is 0.208. The molecular weight excluding hydrogens is 470 g/mol. The molecule has 2 aromatic heterocycles. The smallest absolute Gasteiger partial charge is 0.274 e. The first-order valence-electron chi connectivity index (χ1n) is 10.3. The number of carbonyl (C=O) groups excluding carboxylic acids is 1. The quantitative estimate of drug-likeness (QED) is 0.352. The minimum absolute atomic E-state index is 0.172. The highest BCUT2D eigenvalue weighted by Gasteiger charge is 2.18. The van der Waals surface area contributed by atoms with Crippen LogP contribution in [0.25, 0.3) is 11.1 Å². The number of hydrogen-bond donors (Lipinski definition) is 0. The van der Waals surface area contributed by atoms with E-state index in [9.17, 15) is 4.79 Å². The van der Waals surface area contributed by atoms with Crippen molar-refractivity contribution in [3.05, 3.63) is 88.9 Å². The molecule has 4 aromatic rings.